The first-order valence-corrected chi connectivity index (χ1v) is 9.22. The second kappa shape index (κ2) is 9.99. The van der Waals surface area contributed by atoms with Crippen molar-refractivity contribution in [1.82, 2.24) is 0 Å². The molecule has 0 unspecified atom stereocenters. The maximum Gasteiger partial charge on any atom is 0.310 e. The first kappa shape index (κ1) is 21.6. The lowest BCUT2D eigenvalue weighted by Crippen LogP contribution is -2.30. The maximum atomic E-state index is 12.3. The van der Waals surface area contributed by atoms with Crippen molar-refractivity contribution < 1.29 is 23.8 Å². The Morgan fingerprint density at radius 2 is 1.93 bits per heavy atom. The third-order valence-electron chi connectivity index (χ3n) is 3.98. The SMILES string of the molecule is COc1cc(Cl)c(C)cc1NC(=O)[C@H](C)OC(=O)CCOc1cccc(C)c1. The van der Waals surface area contributed by atoms with Crippen LogP contribution in [0.25, 0.3) is 0 Å². The van der Waals surface area contributed by atoms with Gasteiger partial charge in [0.05, 0.1) is 25.8 Å². The van der Waals surface area contributed by atoms with E-state index in [1.807, 2.05) is 38.1 Å². The predicted octanol–water partition coefficient (Wildman–Crippen LogP) is 4.30. The lowest BCUT2D eigenvalue weighted by atomic mass is 10.2. The van der Waals surface area contributed by atoms with E-state index in [4.69, 9.17) is 25.8 Å². The van der Waals surface area contributed by atoms with E-state index in [0.29, 0.717) is 22.2 Å². The molecule has 28 heavy (non-hydrogen) atoms. The van der Waals surface area contributed by atoms with Gasteiger partial charge in [0.1, 0.15) is 11.5 Å². The van der Waals surface area contributed by atoms with Gasteiger partial charge in [-0.2, -0.15) is 0 Å². The highest BCUT2D eigenvalue weighted by molar-refractivity contribution is 6.31. The number of aryl methyl sites for hydroxylation is 2. The summed E-state index contributed by atoms with van der Waals surface area (Å²) in [5, 5.41) is 3.22. The van der Waals surface area contributed by atoms with Crippen molar-refractivity contribution in [2.45, 2.75) is 33.3 Å². The Morgan fingerprint density at radius 1 is 1.18 bits per heavy atom. The first-order chi connectivity index (χ1) is 13.3. The average Bonchev–Trinajstić information content (AvgIpc) is 2.64. The Morgan fingerprint density at radius 3 is 2.61 bits per heavy atom. The van der Waals surface area contributed by atoms with Crippen molar-refractivity contribution in [2.24, 2.45) is 0 Å². The molecule has 7 heteroatoms. The molecular formula is C21H24ClNO5. The number of nitrogens with one attached hydrogen (secondary N) is 1. The third-order valence-corrected chi connectivity index (χ3v) is 4.39. The Hall–Kier alpha value is -2.73. The van der Waals surface area contributed by atoms with Crippen LogP contribution in [0.4, 0.5) is 5.69 Å². The van der Waals surface area contributed by atoms with Gasteiger partial charge in [-0.3, -0.25) is 9.59 Å². The molecule has 0 aliphatic carbocycles. The zero-order chi connectivity index (χ0) is 20.7. The molecule has 0 bridgehead atoms. The number of carbonyl (C=O) groups is 2. The fourth-order valence-corrected chi connectivity index (χ4v) is 2.58. The summed E-state index contributed by atoms with van der Waals surface area (Å²) in [5.41, 5.74) is 2.31. The van der Waals surface area contributed by atoms with Crippen molar-refractivity contribution in [2.75, 3.05) is 19.0 Å². The lowest BCUT2D eigenvalue weighted by Gasteiger charge is -2.16. The van der Waals surface area contributed by atoms with Crippen LogP contribution in [0.2, 0.25) is 5.02 Å². The van der Waals surface area contributed by atoms with Crippen LogP contribution in [0.1, 0.15) is 24.5 Å². The highest BCUT2D eigenvalue weighted by atomic mass is 35.5. The molecule has 0 radical (unpaired) electrons. The number of rotatable bonds is 8. The smallest absolute Gasteiger partial charge is 0.310 e. The van der Waals surface area contributed by atoms with Crippen LogP contribution in [0.5, 0.6) is 11.5 Å². The molecule has 1 amide bonds. The molecule has 2 aromatic rings. The van der Waals surface area contributed by atoms with Gasteiger partial charge >= 0.3 is 5.97 Å². The van der Waals surface area contributed by atoms with Crippen LogP contribution in [-0.2, 0) is 14.3 Å². The Labute approximate surface area is 169 Å². The second-order valence-electron chi connectivity index (χ2n) is 6.34. The molecule has 0 saturated carbocycles. The number of ether oxygens (including phenoxy) is 3. The van der Waals surface area contributed by atoms with E-state index in [1.165, 1.54) is 14.0 Å². The molecule has 1 atom stereocenters. The van der Waals surface area contributed by atoms with E-state index in [1.54, 1.807) is 12.1 Å². The van der Waals surface area contributed by atoms with Crippen LogP contribution in [0, 0.1) is 13.8 Å². The van der Waals surface area contributed by atoms with Crippen LogP contribution < -0.4 is 14.8 Å². The summed E-state index contributed by atoms with van der Waals surface area (Å²) in [6.45, 7) is 5.44. The number of esters is 1. The molecule has 150 valence electrons. The molecule has 0 heterocycles. The lowest BCUT2D eigenvalue weighted by molar-refractivity contribution is -0.153. The zero-order valence-corrected chi connectivity index (χ0v) is 17.1. The first-order valence-electron chi connectivity index (χ1n) is 8.84. The molecule has 1 N–H and O–H groups in total. The highest BCUT2D eigenvalue weighted by Gasteiger charge is 2.20. The summed E-state index contributed by atoms with van der Waals surface area (Å²) in [4.78, 5) is 24.3. The van der Waals surface area contributed by atoms with Gasteiger partial charge in [0, 0.05) is 11.1 Å². The molecule has 0 fully saturated rings. The maximum absolute atomic E-state index is 12.3. The van der Waals surface area contributed by atoms with Crippen molar-refractivity contribution in [1.29, 1.82) is 0 Å². The number of hydrogen-bond donors (Lipinski definition) is 1. The van der Waals surface area contributed by atoms with E-state index < -0.39 is 18.0 Å². The number of amides is 1. The van der Waals surface area contributed by atoms with Gasteiger partial charge in [0.15, 0.2) is 6.10 Å². The minimum absolute atomic E-state index is 0.0366. The largest absolute Gasteiger partial charge is 0.495 e. The summed E-state index contributed by atoms with van der Waals surface area (Å²) in [5.74, 6) is 0.125. The summed E-state index contributed by atoms with van der Waals surface area (Å²) in [6, 6.07) is 10.8. The summed E-state index contributed by atoms with van der Waals surface area (Å²) >= 11 is 6.06. The molecule has 0 aliphatic heterocycles. The molecule has 6 nitrogen and oxygen atoms in total. The number of hydrogen-bond acceptors (Lipinski definition) is 5. The number of anilines is 1. The highest BCUT2D eigenvalue weighted by Crippen LogP contribution is 2.31. The Kier molecular flexibility index (Phi) is 7.70. The fraction of sp³-hybridized carbons (Fsp3) is 0.333. The molecule has 2 aromatic carbocycles. The third kappa shape index (κ3) is 6.16. The van der Waals surface area contributed by atoms with Gasteiger partial charge in [0.25, 0.3) is 5.91 Å². The van der Waals surface area contributed by atoms with Crippen LogP contribution in [0.15, 0.2) is 36.4 Å². The zero-order valence-electron chi connectivity index (χ0n) is 16.4. The molecule has 0 aliphatic rings. The second-order valence-corrected chi connectivity index (χ2v) is 6.75. The summed E-state index contributed by atoms with van der Waals surface area (Å²) in [7, 11) is 1.48. The van der Waals surface area contributed by atoms with Gasteiger partial charge in [0.2, 0.25) is 0 Å². The van der Waals surface area contributed by atoms with E-state index in [-0.39, 0.29) is 13.0 Å². The molecule has 0 aromatic heterocycles. The van der Waals surface area contributed by atoms with E-state index in [2.05, 4.69) is 5.32 Å². The number of methoxy groups -OCH3 is 1. The minimum atomic E-state index is -0.966. The number of halogens is 1. The Balaban J connectivity index is 1.84. The van der Waals surface area contributed by atoms with Crippen molar-refractivity contribution in [3.8, 4) is 11.5 Å². The van der Waals surface area contributed by atoms with E-state index in [9.17, 15) is 9.59 Å². The van der Waals surface area contributed by atoms with Gasteiger partial charge in [-0.15, -0.1) is 0 Å². The van der Waals surface area contributed by atoms with Gasteiger partial charge < -0.3 is 19.5 Å². The van der Waals surface area contributed by atoms with Crippen molar-refractivity contribution >= 4 is 29.2 Å². The van der Waals surface area contributed by atoms with Crippen LogP contribution >= 0.6 is 11.6 Å². The Bertz CT molecular complexity index is 853. The van der Waals surface area contributed by atoms with Crippen molar-refractivity contribution in [3.05, 3.63) is 52.5 Å². The van der Waals surface area contributed by atoms with E-state index >= 15 is 0 Å². The fourth-order valence-electron chi connectivity index (χ4n) is 2.43. The number of benzene rings is 2. The van der Waals surface area contributed by atoms with Gasteiger partial charge in [-0.25, -0.2) is 0 Å². The topological polar surface area (TPSA) is 73.9 Å². The predicted molar refractivity (Wildman–Crippen MR) is 108 cm³/mol. The summed E-state index contributed by atoms with van der Waals surface area (Å²) in [6.07, 6.45) is -0.929. The molecule has 0 spiro atoms. The quantitative estimate of drug-likeness (QED) is 0.662. The van der Waals surface area contributed by atoms with Gasteiger partial charge in [-0.05, 0) is 50.1 Å². The minimum Gasteiger partial charge on any atom is -0.495 e. The molecule has 2 rings (SSSR count). The number of carbonyl (C=O) groups excluding carboxylic acids is 2. The summed E-state index contributed by atoms with van der Waals surface area (Å²) < 4.78 is 15.9. The molecular weight excluding hydrogens is 382 g/mol. The normalized spacial score (nSPS) is 11.5. The molecule has 0 saturated heterocycles. The average molecular weight is 406 g/mol. The van der Waals surface area contributed by atoms with Crippen LogP contribution in [0.3, 0.4) is 0 Å². The van der Waals surface area contributed by atoms with Gasteiger partial charge in [-0.1, -0.05) is 23.7 Å². The monoisotopic (exact) mass is 405 g/mol. The van der Waals surface area contributed by atoms with Crippen molar-refractivity contribution in [3.63, 3.8) is 0 Å². The standard InChI is InChI=1S/C21H24ClNO5/c1-13-6-5-7-16(10-13)27-9-8-20(24)28-15(3)21(25)23-18-11-14(2)17(22)12-19(18)26-4/h5-7,10-12,15H,8-9H2,1-4H3,(H,23,25)/t15-/m0/s1. The van der Waals surface area contributed by atoms with E-state index in [0.717, 1.165) is 11.1 Å². The van der Waals surface area contributed by atoms with Crippen LogP contribution in [-0.4, -0.2) is 31.7 Å².